The predicted molar refractivity (Wildman–Crippen MR) is 85.3 cm³/mol. The van der Waals surface area contributed by atoms with Crippen molar-refractivity contribution in [3.63, 3.8) is 0 Å². The van der Waals surface area contributed by atoms with Crippen LogP contribution in [0.1, 0.15) is 6.42 Å². The molecule has 0 saturated heterocycles. The third-order valence-corrected chi connectivity index (χ3v) is 3.89. The zero-order valence-corrected chi connectivity index (χ0v) is 13.9. The third kappa shape index (κ3) is 4.87. The number of halogens is 2. The van der Waals surface area contributed by atoms with Gasteiger partial charge in [0.25, 0.3) is 0 Å². The Labute approximate surface area is 130 Å². The zero-order chi connectivity index (χ0) is 14.4. The maximum Gasteiger partial charge on any atom is 0.241 e. The standard InChI is InChI=1S/C12H16BrClN2O2S/c1-18-11-8(13)5-7(14)6-10(11)16-12(17)9(15)3-4-19-2/h5-6,9H,3-4,15H2,1-2H3,(H,16,17)/t9-/m0/s1. The van der Waals surface area contributed by atoms with Gasteiger partial charge >= 0.3 is 0 Å². The van der Waals surface area contributed by atoms with E-state index in [9.17, 15) is 4.79 Å². The minimum atomic E-state index is -0.546. The molecule has 0 saturated carbocycles. The van der Waals surface area contributed by atoms with Gasteiger partial charge in [0.2, 0.25) is 5.91 Å². The van der Waals surface area contributed by atoms with Crippen LogP contribution in [0.4, 0.5) is 5.69 Å². The van der Waals surface area contributed by atoms with Crippen molar-refractivity contribution in [1.29, 1.82) is 0 Å². The van der Waals surface area contributed by atoms with Gasteiger partial charge in [-0.3, -0.25) is 4.79 Å². The minimum absolute atomic E-state index is 0.249. The highest BCUT2D eigenvalue weighted by Gasteiger charge is 2.17. The monoisotopic (exact) mass is 366 g/mol. The Morgan fingerprint density at radius 2 is 2.32 bits per heavy atom. The maximum absolute atomic E-state index is 11.9. The van der Waals surface area contributed by atoms with Crippen molar-refractivity contribution in [3.05, 3.63) is 21.6 Å². The van der Waals surface area contributed by atoms with E-state index in [1.165, 1.54) is 7.11 Å². The second-order valence-corrected chi connectivity index (χ2v) is 6.12. The lowest BCUT2D eigenvalue weighted by molar-refractivity contribution is -0.117. The Bertz CT molecular complexity index is 460. The van der Waals surface area contributed by atoms with Crippen LogP contribution in [-0.2, 0) is 4.79 Å². The lowest BCUT2D eigenvalue weighted by atomic mass is 10.2. The van der Waals surface area contributed by atoms with Crippen LogP contribution < -0.4 is 15.8 Å². The molecule has 0 bridgehead atoms. The van der Waals surface area contributed by atoms with E-state index in [1.54, 1.807) is 23.9 Å². The number of anilines is 1. The van der Waals surface area contributed by atoms with E-state index >= 15 is 0 Å². The van der Waals surface area contributed by atoms with Crippen LogP contribution in [0, 0.1) is 0 Å². The highest BCUT2D eigenvalue weighted by atomic mass is 79.9. The summed E-state index contributed by atoms with van der Waals surface area (Å²) < 4.78 is 5.90. The summed E-state index contributed by atoms with van der Waals surface area (Å²) in [6.07, 6.45) is 2.60. The largest absolute Gasteiger partial charge is 0.493 e. The SMILES string of the molecule is COc1c(Br)cc(Cl)cc1NC(=O)[C@@H](N)CCSC. The van der Waals surface area contributed by atoms with E-state index in [2.05, 4.69) is 21.2 Å². The van der Waals surface area contributed by atoms with Gasteiger partial charge in [0.05, 0.1) is 23.3 Å². The summed E-state index contributed by atoms with van der Waals surface area (Å²) in [6.45, 7) is 0. The molecule has 0 aliphatic carbocycles. The van der Waals surface area contributed by atoms with Crippen molar-refractivity contribution in [3.8, 4) is 5.75 Å². The van der Waals surface area contributed by atoms with Crippen molar-refractivity contribution < 1.29 is 9.53 Å². The van der Waals surface area contributed by atoms with Gasteiger partial charge in [0.15, 0.2) is 5.75 Å². The van der Waals surface area contributed by atoms with E-state index in [-0.39, 0.29) is 5.91 Å². The number of hydrogen-bond donors (Lipinski definition) is 2. The lowest BCUT2D eigenvalue weighted by Crippen LogP contribution is -2.36. The zero-order valence-electron chi connectivity index (χ0n) is 10.7. The molecule has 0 aromatic heterocycles. The molecule has 0 unspecified atom stereocenters. The van der Waals surface area contributed by atoms with Crippen LogP contribution >= 0.6 is 39.3 Å². The molecule has 7 heteroatoms. The molecule has 4 nitrogen and oxygen atoms in total. The molecule has 1 aromatic rings. The third-order valence-electron chi connectivity index (χ3n) is 2.44. The average molecular weight is 368 g/mol. The number of benzene rings is 1. The number of nitrogens with two attached hydrogens (primary N) is 1. The van der Waals surface area contributed by atoms with Gasteiger partial charge in [-0.2, -0.15) is 11.8 Å². The molecular formula is C12H16BrClN2O2S. The molecule has 1 aromatic carbocycles. The Balaban J connectivity index is 2.84. The molecule has 3 N–H and O–H groups in total. The number of carbonyl (C=O) groups excluding carboxylic acids is 1. The Hall–Kier alpha value is -0.430. The smallest absolute Gasteiger partial charge is 0.241 e. The highest BCUT2D eigenvalue weighted by Crippen LogP contribution is 2.36. The number of amides is 1. The van der Waals surface area contributed by atoms with Gasteiger partial charge in [-0.15, -0.1) is 0 Å². The summed E-state index contributed by atoms with van der Waals surface area (Å²) in [5.74, 6) is 1.11. The van der Waals surface area contributed by atoms with E-state index in [1.807, 2.05) is 6.26 Å². The normalized spacial score (nSPS) is 12.1. The summed E-state index contributed by atoms with van der Waals surface area (Å²) in [5.41, 5.74) is 6.31. The van der Waals surface area contributed by atoms with Gasteiger partial charge < -0.3 is 15.8 Å². The molecule has 0 radical (unpaired) electrons. The predicted octanol–water partition coefficient (Wildman–Crippen LogP) is 3.13. The fourth-order valence-electron chi connectivity index (χ4n) is 1.46. The Kier molecular flexibility index (Phi) is 6.99. The van der Waals surface area contributed by atoms with Crippen molar-refractivity contribution in [2.24, 2.45) is 5.73 Å². The van der Waals surface area contributed by atoms with Crippen LogP contribution in [-0.4, -0.2) is 31.1 Å². The molecule has 1 atom stereocenters. The molecule has 0 aliphatic rings. The molecule has 0 spiro atoms. The highest BCUT2D eigenvalue weighted by molar-refractivity contribution is 9.10. The first-order chi connectivity index (χ1) is 8.99. The number of ether oxygens (including phenoxy) is 1. The number of rotatable bonds is 6. The maximum atomic E-state index is 11.9. The molecule has 1 amide bonds. The molecule has 0 fully saturated rings. The van der Waals surface area contributed by atoms with E-state index in [4.69, 9.17) is 22.1 Å². The molecule has 0 heterocycles. The summed E-state index contributed by atoms with van der Waals surface area (Å²) >= 11 is 10.9. The van der Waals surface area contributed by atoms with Crippen molar-refractivity contribution >= 4 is 50.9 Å². The first-order valence-corrected chi connectivity index (χ1v) is 8.14. The molecule has 106 valence electrons. The van der Waals surface area contributed by atoms with Gasteiger partial charge in [0, 0.05) is 5.02 Å². The van der Waals surface area contributed by atoms with Gasteiger partial charge in [-0.05, 0) is 46.5 Å². The molecule has 0 aliphatic heterocycles. The summed E-state index contributed by atoms with van der Waals surface area (Å²) in [7, 11) is 1.53. The number of nitrogens with one attached hydrogen (secondary N) is 1. The molecule has 1 rings (SSSR count). The van der Waals surface area contributed by atoms with Crippen LogP contribution in [0.25, 0.3) is 0 Å². The summed E-state index contributed by atoms with van der Waals surface area (Å²) in [5, 5.41) is 3.24. The fourth-order valence-corrected chi connectivity index (χ4v) is 2.92. The second kappa shape index (κ2) is 7.99. The number of carbonyl (C=O) groups is 1. The molecular weight excluding hydrogens is 352 g/mol. The minimum Gasteiger partial charge on any atom is -0.493 e. The van der Waals surface area contributed by atoms with E-state index in [0.29, 0.717) is 27.4 Å². The van der Waals surface area contributed by atoms with Crippen LogP contribution in [0.15, 0.2) is 16.6 Å². The van der Waals surface area contributed by atoms with Gasteiger partial charge in [0.1, 0.15) is 0 Å². The lowest BCUT2D eigenvalue weighted by Gasteiger charge is -2.15. The van der Waals surface area contributed by atoms with Gasteiger partial charge in [-0.25, -0.2) is 0 Å². The number of methoxy groups -OCH3 is 1. The summed E-state index contributed by atoms with van der Waals surface area (Å²) in [4.78, 5) is 11.9. The van der Waals surface area contributed by atoms with Crippen LogP contribution in [0.3, 0.4) is 0 Å². The van der Waals surface area contributed by atoms with Crippen molar-refractivity contribution in [2.45, 2.75) is 12.5 Å². The summed E-state index contributed by atoms with van der Waals surface area (Å²) in [6, 6.07) is 2.78. The number of hydrogen-bond acceptors (Lipinski definition) is 4. The van der Waals surface area contributed by atoms with Crippen molar-refractivity contribution in [2.75, 3.05) is 24.4 Å². The van der Waals surface area contributed by atoms with Gasteiger partial charge in [-0.1, -0.05) is 11.6 Å². The van der Waals surface area contributed by atoms with Crippen LogP contribution in [0.2, 0.25) is 5.02 Å². The average Bonchev–Trinajstić information content (AvgIpc) is 2.35. The fraction of sp³-hybridized carbons (Fsp3) is 0.417. The molecule has 19 heavy (non-hydrogen) atoms. The first-order valence-electron chi connectivity index (χ1n) is 5.58. The van der Waals surface area contributed by atoms with Crippen LogP contribution in [0.5, 0.6) is 5.75 Å². The van der Waals surface area contributed by atoms with E-state index < -0.39 is 6.04 Å². The Morgan fingerprint density at radius 3 is 2.89 bits per heavy atom. The topological polar surface area (TPSA) is 64.3 Å². The second-order valence-electron chi connectivity index (χ2n) is 3.85. The quantitative estimate of drug-likeness (QED) is 0.811. The van der Waals surface area contributed by atoms with Crippen molar-refractivity contribution in [1.82, 2.24) is 0 Å². The number of thioether (sulfide) groups is 1. The van der Waals surface area contributed by atoms with E-state index in [0.717, 1.165) is 5.75 Å². The Morgan fingerprint density at radius 1 is 1.63 bits per heavy atom. The first kappa shape index (κ1) is 16.6.